The molecule has 0 aliphatic rings. The van der Waals surface area contributed by atoms with Crippen LogP contribution in [-0.2, 0) is 17.8 Å². The third kappa shape index (κ3) is 5.85. The van der Waals surface area contributed by atoms with Gasteiger partial charge in [0.25, 0.3) is 0 Å². The van der Waals surface area contributed by atoms with Gasteiger partial charge in [-0.15, -0.1) is 0 Å². The summed E-state index contributed by atoms with van der Waals surface area (Å²) in [6, 6.07) is 14.5. The lowest BCUT2D eigenvalue weighted by Crippen LogP contribution is -2.41. The molecule has 0 fully saturated rings. The van der Waals surface area contributed by atoms with E-state index in [9.17, 15) is 4.79 Å². The Hall–Kier alpha value is -2.07. The van der Waals surface area contributed by atoms with Crippen molar-refractivity contribution >= 4 is 5.91 Å². The zero-order chi connectivity index (χ0) is 17.4. The van der Waals surface area contributed by atoms with Gasteiger partial charge < -0.3 is 14.6 Å². The minimum absolute atomic E-state index is 0.111. The zero-order valence-electron chi connectivity index (χ0n) is 14.9. The molecule has 0 radical (unpaired) electrons. The molecule has 0 unspecified atom stereocenters. The number of hydrogen-bond acceptors (Lipinski definition) is 3. The maximum atomic E-state index is 12.6. The van der Waals surface area contributed by atoms with Gasteiger partial charge in [-0.05, 0) is 44.4 Å². The fraction of sp³-hybridized carbons (Fsp3) is 0.450. The van der Waals surface area contributed by atoms with Gasteiger partial charge in [0.15, 0.2) is 0 Å². The van der Waals surface area contributed by atoms with E-state index in [0.29, 0.717) is 25.7 Å². The predicted octanol–water partition coefficient (Wildman–Crippen LogP) is 3.55. The highest BCUT2D eigenvalue weighted by molar-refractivity contribution is 5.78. The summed E-state index contributed by atoms with van der Waals surface area (Å²) in [5.74, 6) is 1.82. The van der Waals surface area contributed by atoms with E-state index in [1.807, 2.05) is 42.2 Å². The number of benzene rings is 1. The Morgan fingerprint density at radius 2 is 1.96 bits per heavy atom. The standard InChI is InChI=1S/C20H28N2O2/c1-4-16(2)21-14-20(23)22(15-19-11-10-17(3)24-19)13-12-18-8-6-5-7-9-18/h5-11,16,21H,4,12-15H2,1-3H3/t16-/m1/s1. The molecule has 24 heavy (non-hydrogen) atoms. The van der Waals surface area contributed by atoms with Crippen molar-refractivity contribution in [2.75, 3.05) is 13.1 Å². The van der Waals surface area contributed by atoms with Crippen molar-refractivity contribution in [3.05, 3.63) is 59.5 Å². The highest BCUT2D eigenvalue weighted by Gasteiger charge is 2.16. The molecule has 4 heteroatoms. The van der Waals surface area contributed by atoms with Crippen LogP contribution in [0.1, 0.15) is 37.4 Å². The van der Waals surface area contributed by atoms with Gasteiger partial charge in [-0.2, -0.15) is 0 Å². The molecule has 1 atom stereocenters. The monoisotopic (exact) mass is 328 g/mol. The molecule has 1 N–H and O–H groups in total. The van der Waals surface area contributed by atoms with Crippen LogP contribution in [-0.4, -0.2) is 29.9 Å². The van der Waals surface area contributed by atoms with E-state index in [0.717, 1.165) is 24.4 Å². The molecule has 0 aliphatic carbocycles. The van der Waals surface area contributed by atoms with Crippen LogP contribution in [0.3, 0.4) is 0 Å². The Kier molecular flexibility index (Phi) is 7.07. The fourth-order valence-corrected chi connectivity index (χ4v) is 2.48. The number of aryl methyl sites for hydroxylation is 1. The third-order valence-electron chi connectivity index (χ3n) is 4.22. The van der Waals surface area contributed by atoms with E-state index in [4.69, 9.17) is 4.42 Å². The Morgan fingerprint density at radius 3 is 2.58 bits per heavy atom. The molecule has 130 valence electrons. The average Bonchev–Trinajstić information content (AvgIpc) is 3.02. The highest BCUT2D eigenvalue weighted by atomic mass is 16.3. The van der Waals surface area contributed by atoms with E-state index >= 15 is 0 Å². The topological polar surface area (TPSA) is 45.5 Å². The number of carbonyl (C=O) groups excluding carboxylic acids is 1. The Balaban J connectivity index is 1.98. The molecule has 0 spiro atoms. The van der Waals surface area contributed by atoms with Gasteiger partial charge in [-0.3, -0.25) is 4.79 Å². The first-order valence-electron chi connectivity index (χ1n) is 8.69. The third-order valence-corrected chi connectivity index (χ3v) is 4.22. The first kappa shape index (κ1) is 18.3. The van der Waals surface area contributed by atoms with Crippen LogP contribution in [0.25, 0.3) is 0 Å². The molecule has 0 aliphatic heterocycles. The van der Waals surface area contributed by atoms with Crippen LogP contribution in [0.5, 0.6) is 0 Å². The van der Waals surface area contributed by atoms with Gasteiger partial charge in [-0.25, -0.2) is 0 Å². The summed E-state index contributed by atoms with van der Waals surface area (Å²) in [5, 5.41) is 3.28. The lowest BCUT2D eigenvalue weighted by molar-refractivity contribution is -0.131. The molecular formula is C20H28N2O2. The summed E-state index contributed by atoms with van der Waals surface area (Å²) in [6.45, 7) is 7.69. The smallest absolute Gasteiger partial charge is 0.236 e. The summed E-state index contributed by atoms with van der Waals surface area (Å²) in [6.07, 6.45) is 1.85. The van der Waals surface area contributed by atoms with Crippen molar-refractivity contribution in [2.45, 2.75) is 46.2 Å². The minimum Gasteiger partial charge on any atom is -0.464 e. The molecule has 1 amide bonds. The Labute approximate surface area is 144 Å². The van der Waals surface area contributed by atoms with Crippen molar-refractivity contribution < 1.29 is 9.21 Å². The lowest BCUT2D eigenvalue weighted by atomic mass is 10.1. The first-order chi connectivity index (χ1) is 11.6. The van der Waals surface area contributed by atoms with E-state index in [-0.39, 0.29) is 5.91 Å². The molecule has 1 aromatic carbocycles. The van der Waals surface area contributed by atoms with Gasteiger partial charge in [0, 0.05) is 12.6 Å². The number of amides is 1. The number of hydrogen-bond donors (Lipinski definition) is 1. The second-order valence-electron chi connectivity index (χ2n) is 6.25. The second kappa shape index (κ2) is 9.28. The molecule has 2 aromatic rings. The lowest BCUT2D eigenvalue weighted by Gasteiger charge is -2.23. The minimum atomic E-state index is 0.111. The quantitative estimate of drug-likeness (QED) is 0.766. The van der Waals surface area contributed by atoms with Crippen molar-refractivity contribution in [1.29, 1.82) is 0 Å². The zero-order valence-corrected chi connectivity index (χ0v) is 14.9. The van der Waals surface area contributed by atoms with Gasteiger partial charge in [-0.1, -0.05) is 37.3 Å². The first-order valence-corrected chi connectivity index (χ1v) is 8.69. The van der Waals surface area contributed by atoms with Crippen LogP contribution in [0.4, 0.5) is 0 Å². The second-order valence-corrected chi connectivity index (χ2v) is 6.25. The van der Waals surface area contributed by atoms with Crippen molar-refractivity contribution in [2.24, 2.45) is 0 Å². The molecule has 4 nitrogen and oxygen atoms in total. The van der Waals surface area contributed by atoms with E-state index < -0.39 is 0 Å². The normalized spacial score (nSPS) is 12.1. The summed E-state index contributed by atoms with van der Waals surface area (Å²) < 4.78 is 5.65. The van der Waals surface area contributed by atoms with Crippen LogP contribution in [0.15, 0.2) is 46.9 Å². The Bertz CT molecular complexity index is 622. The highest BCUT2D eigenvalue weighted by Crippen LogP contribution is 2.11. The van der Waals surface area contributed by atoms with E-state index in [1.54, 1.807) is 0 Å². The number of nitrogens with zero attached hydrogens (tertiary/aromatic N) is 1. The van der Waals surface area contributed by atoms with Crippen LogP contribution >= 0.6 is 0 Å². The predicted molar refractivity (Wildman–Crippen MR) is 96.8 cm³/mol. The van der Waals surface area contributed by atoms with Crippen molar-refractivity contribution in [3.8, 4) is 0 Å². The van der Waals surface area contributed by atoms with E-state index in [2.05, 4.69) is 31.3 Å². The number of carbonyl (C=O) groups is 1. The van der Waals surface area contributed by atoms with Gasteiger partial charge in [0.1, 0.15) is 11.5 Å². The molecule has 2 rings (SSSR count). The SMILES string of the molecule is CC[C@@H](C)NCC(=O)N(CCc1ccccc1)Cc1ccc(C)o1. The van der Waals surface area contributed by atoms with Gasteiger partial charge in [0.05, 0.1) is 13.1 Å². The largest absolute Gasteiger partial charge is 0.464 e. The maximum Gasteiger partial charge on any atom is 0.236 e. The van der Waals surface area contributed by atoms with Crippen molar-refractivity contribution in [3.63, 3.8) is 0 Å². The Morgan fingerprint density at radius 1 is 1.21 bits per heavy atom. The maximum absolute atomic E-state index is 12.6. The van der Waals surface area contributed by atoms with Crippen LogP contribution in [0.2, 0.25) is 0 Å². The van der Waals surface area contributed by atoms with E-state index in [1.165, 1.54) is 5.56 Å². The summed E-state index contributed by atoms with van der Waals surface area (Å²) in [7, 11) is 0. The summed E-state index contributed by atoms with van der Waals surface area (Å²) in [5.41, 5.74) is 1.24. The average molecular weight is 328 g/mol. The summed E-state index contributed by atoms with van der Waals surface area (Å²) in [4.78, 5) is 14.5. The molecule has 0 saturated carbocycles. The van der Waals surface area contributed by atoms with Crippen LogP contribution < -0.4 is 5.32 Å². The number of nitrogens with one attached hydrogen (secondary N) is 1. The van der Waals surface area contributed by atoms with Gasteiger partial charge in [0.2, 0.25) is 5.91 Å². The van der Waals surface area contributed by atoms with Gasteiger partial charge >= 0.3 is 0 Å². The molecule has 1 aromatic heterocycles. The van der Waals surface area contributed by atoms with Crippen molar-refractivity contribution in [1.82, 2.24) is 10.2 Å². The number of furan rings is 1. The molecule has 0 bridgehead atoms. The van der Waals surface area contributed by atoms with Crippen LogP contribution in [0, 0.1) is 6.92 Å². The molecule has 0 saturated heterocycles. The molecular weight excluding hydrogens is 300 g/mol. The fourth-order valence-electron chi connectivity index (χ4n) is 2.48. The number of rotatable bonds is 9. The molecule has 1 heterocycles. The summed E-state index contributed by atoms with van der Waals surface area (Å²) >= 11 is 0.